The first-order chi connectivity index (χ1) is 12.4. The van der Waals surface area contributed by atoms with Crippen LogP contribution in [0.1, 0.15) is 21.5 Å². The van der Waals surface area contributed by atoms with Crippen molar-refractivity contribution in [1.82, 2.24) is 9.78 Å². The molecule has 26 heavy (non-hydrogen) atoms. The molecule has 0 spiro atoms. The molecule has 1 amide bonds. The summed E-state index contributed by atoms with van der Waals surface area (Å²) in [6.45, 7) is 2.59. The van der Waals surface area contributed by atoms with Gasteiger partial charge >= 0.3 is 0 Å². The number of nitro benzene ring substituents is 1. The quantitative estimate of drug-likeness (QED) is 0.541. The minimum atomic E-state index is -0.626. The lowest BCUT2D eigenvalue weighted by molar-refractivity contribution is -0.384. The molecule has 0 saturated heterocycles. The van der Waals surface area contributed by atoms with Gasteiger partial charge in [-0.05, 0) is 24.6 Å². The van der Waals surface area contributed by atoms with Crippen LogP contribution < -0.4 is 5.32 Å². The summed E-state index contributed by atoms with van der Waals surface area (Å²) >= 11 is 5.76. The van der Waals surface area contributed by atoms with Gasteiger partial charge in [-0.3, -0.25) is 19.6 Å². The maximum absolute atomic E-state index is 12.3. The molecular weight excluding hydrogens is 356 g/mol. The van der Waals surface area contributed by atoms with Crippen molar-refractivity contribution in [2.24, 2.45) is 0 Å². The number of carbonyl (C=O) groups is 1. The zero-order chi connectivity index (χ0) is 18.7. The van der Waals surface area contributed by atoms with Crippen molar-refractivity contribution >= 4 is 28.9 Å². The molecule has 1 aromatic heterocycles. The van der Waals surface area contributed by atoms with Gasteiger partial charge in [0.1, 0.15) is 5.02 Å². The molecule has 3 aromatic rings. The first kappa shape index (κ1) is 17.6. The van der Waals surface area contributed by atoms with E-state index < -0.39 is 10.8 Å². The number of nitrogens with one attached hydrogen (secondary N) is 1. The second-order valence-electron chi connectivity index (χ2n) is 5.79. The molecule has 0 bridgehead atoms. The Balaban J connectivity index is 1.70. The van der Waals surface area contributed by atoms with E-state index in [1.165, 1.54) is 23.9 Å². The SMILES string of the molecule is Cc1ccc(Cn2cc(NC(=O)c3ccc(Cl)c([N+](=O)[O-])c3)cn2)cc1. The van der Waals surface area contributed by atoms with Crippen LogP contribution in [0.3, 0.4) is 0 Å². The minimum Gasteiger partial charge on any atom is -0.319 e. The highest BCUT2D eigenvalue weighted by Gasteiger charge is 2.16. The standard InChI is InChI=1S/C18H15ClN4O3/c1-12-2-4-13(5-3-12)10-22-11-15(9-20-22)21-18(24)14-6-7-16(19)17(8-14)23(25)26/h2-9,11H,10H2,1H3,(H,21,24). The number of carbonyl (C=O) groups excluding carboxylic acids is 1. The van der Waals surface area contributed by atoms with Crippen molar-refractivity contribution < 1.29 is 9.72 Å². The topological polar surface area (TPSA) is 90.1 Å². The van der Waals surface area contributed by atoms with Gasteiger partial charge in [0.25, 0.3) is 11.6 Å². The number of nitrogens with zero attached hydrogens (tertiary/aromatic N) is 3. The molecule has 3 rings (SSSR count). The summed E-state index contributed by atoms with van der Waals surface area (Å²) in [5, 5.41) is 17.8. The second-order valence-corrected chi connectivity index (χ2v) is 6.20. The highest BCUT2D eigenvalue weighted by Crippen LogP contribution is 2.25. The number of amides is 1. The molecule has 0 radical (unpaired) electrons. The highest BCUT2D eigenvalue weighted by molar-refractivity contribution is 6.32. The lowest BCUT2D eigenvalue weighted by Crippen LogP contribution is -2.11. The van der Waals surface area contributed by atoms with Crippen LogP contribution in [0.15, 0.2) is 54.9 Å². The highest BCUT2D eigenvalue weighted by atomic mass is 35.5. The van der Waals surface area contributed by atoms with Crippen molar-refractivity contribution in [2.75, 3.05) is 5.32 Å². The molecule has 0 unspecified atom stereocenters. The number of hydrogen-bond acceptors (Lipinski definition) is 4. The molecule has 8 heteroatoms. The zero-order valence-electron chi connectivity index (χ0n) is 13.8. The van der Waals surface area contributed by atoms with Crippen molar-refractivity contribution in [3.8, 4) is 0 Å². The van der Waals surface area contributed by atoms with Crippen LogP contribution in [0.2, 0.25) is 5.02 Å². The van der Waals surface area contributed by atoms with Gasteiger partial charge in [-0.15, -0.1) is 0 Å². The van der Waals surface area contributed by atoms with Crippen molar-refractivity contribution in [1.29, 1.82) is 0 Å². The summed E-state index contributed by atoms with van der Waals surface area (Å²) in [5.74, 6) is -0.473. The van der Waals surface area contributed by atoms with E-state index in [1.54, 1.807) is 10.9 Å². The molecule has 1 heterocycles. The maximum atomic E-state index is 12.3. The first-order valence-corrected chi connectivity index (χ1v) is 8.13. The van der Waals surface area contributed by atoms with Gasteiger partial charge in [0, 0.05) is 17.8 Å². The summed E-state index contributed by atoms with van der Waals surface area (Å²) in [6, 6.07) is 12.0. The predicted octanol–water partition coefficient (Wildman–Crippen LogP) is 4.05. The molecular formula is C18H15ClN4O3. The molecule has 1 N–H and O–H groups in total. The number of benzene rings is 2. The Morgan fingerprint density at radius 2 is 2.00 bits per heavy atom. The van der Waals surface area contributed by atoms with Gasteiger partial charge in [-0.2, -0.15) is 5.10 Å². The monoisotopic (exact) mass is 370 g/mol. The zero-order valence-corrected chi connectivity index (χ0v) is 14.6. The average molecular weight is 371 g/mol. The number of nitro groups is 1. The Labute approximate surface area is 154 Å². The van der Waals surface area contributed by atoms with E-state index in [0.29, 0.717) is 12.2 Å². The summed E-state index contributed by atoms with van der Waals surface area (Å²) in [5.41, 5.74) is 2.60. The number of anilines is 1. The molecule has 0 saturated carbocycles. The molecule has 0 fully saturated rings. The second kappa shape index (κ2) is 7.37. The Morgan fingerprint density at radius 3 is 2.69 bits per heavy atom. The predicted molar refractivity (Wildman–Crippen MR) is 98.6 cm³/mol. The summed E-state index contributed by atoms with van der Waals surface area (Å²) < 4.78 is 1.70. The maximum Gasteiger partial charge on any atom is 0.288 e. The summed E-state index contributed by atoms with van der Waals surface area (Å²) in [7, 11) is 0. The fourth-order valence-corrected chi connectivity index (χ4v) is 2.58. The summed E-state index contributed by atoms with van der Waals surface area (Å²) in [4.78, 5) is 22.6. The normalized spacial score (nSPS) is 10.5. The lowest BCUT2D eigenvalue weighted by atomic mass is 10.1. The van der Waals surface area contributed by atoms with E-state index in [4.69, 9.17) is 11.6 Å². The number of halogens is 1. The Morgan fingerprint density at radius 1 is 1.27 bits per heavy atom. The van der Waals surface area contributed by atoms with Crippen molar-refractivity contribution in [2.45, 2.75) is 13.5 Å². The fourth-order valence-electron chi connectivity index (χ4n) is 2.39. The van der Waals surface area contributed by atoms with Crippen molar-refractivity contribution in [3.05, 3.63) is 86.7 Å². The van der Waals surface area contributed by atoms with Crippen LogP contribution in [0.5, 0.6) is 0 Å². The smallest absolute Gasteiger partial charge is 0.288 e. The Hall–Kier alpha value is -3.19. The third-order valence-corrected chi connectivity index (χ3v) is 4.08. The van der Waals surface area contributed by atoms with Crippen LogP contribution in [-0.2, 0) is 6.54 Å². The van der Waals surface area contributed by atoms with Crippen molar-refractivity contribution in [3.63, 3.8) is 0 Å². The van der Waals surface area contributed by atoms with E-state index in [2.05, 4.69) is 10.4 Å². The largest absolute Gasteiger partial charge is 0.319 e. The first-order valence-electron chi connectivity index (χ1n) is 7.75. The van der Waals surface area contributed by atoms with E-state index in [9.17, 15) is 14.9 Å². The van der Waals surface area contributed by atoms with Gasteiger partial charge in [0.05, 0.1) is 23.4 Å². The van der Waals surface area contributed by atoms with E-state index in [0.717, 1.165) is 11.6 Å². The third-order valence-electron chi connectivity index (χ3n) is 3.76. The minimum absolute atomic E-state index is 0.0162. The molecule has 132 valence electrons. The van der Waals surface area contributed by atoms with Crippen LogP contribution in [0.4, 0.5) is 11.4 Å². The van der Waals surface area contributed by atoms with Gasteiger partial charge in [-0.25, -0.2) is 0 Å². The van der Waals surface area contributed by atoms with E-state index in [-0.39, 0.29) is 16.3 Å². The molecule has 0 aliphatic rings. The van der Waals surface area contributed by atoms with Gasteiger partial charge in [0.2, 0.25) is 0 Å². The number of aryl methyl sites for hydroxylation is 1. The van der Waals surface area contributed by atoms with Gasteiger partial charge in [0.15, 0.2) is 0 Å². The van der Waals surface area contributed by atoms with Gasteiger partial charge in [-0.1, -0.05) is 41.4 Å². The lowest BCUT2D eigenvalue weighted by Gasteiger charge is -2.04. The molecule has 0 atom stereocenters. The average Bonchev–Trinajstić information content (AvgIpc) is 3.04. The fraction of sp³-hybridized carbons (Fsp3) is 0.111. The number of hydrogen-bond donors (Lipinski definition) is 1. The van der Waals surface area contributed by atoms with Crippen LogP contribution in [0, 0.1) is 17.0 Å². The Bertz CT molecular complexity index is 967. The van der Waals surface area contributed by atoms with E-state index in [1.807, 2.05) is 31.2 Å². The molecule has 0 aliphatic carbocycles. The number of rotatable bonds is 5. The molecule has 2 aromatic carbocycles. The number of aromatic nitrogens is 2. The van der Waals surface area contributed by atoms with Crippen LogP contribution in [0.25, 0.3) is 0 Å². The molecule has 7 nitrogen and oxygen atoms in total. The van der Waals surface area contributed by atoms with E-state index >= 15 is 0 Å². The Kier molecular flexibility index (Phi) is 4.99. The van der Waals surface area contributed by atoms with Crippen LogP contribution in [-0.4, -0.2) is 20.6 Å². The molecule has 0 aliphatic heterocycles. The summed E-state index contributed by atoms with van der Waals surface area (Å²) in [6.07, 6.45) is 3.22. The third kappa shape index (κ3) is 4.07. The van der Waals surface area contributed by atoms with Gasteiger partial charge < -0.3 is 5.32 Å². The van der Waals surface area contributed by atoms with Crippen LogP contribution >= 0.6 is 11.6 Å².